The first-order chi connectivity index (χ1) is 27.4. The molecule has 8 rings (SSSR count). The van der Waals surface area contributed by atoms with Gasteiger partial charge in [-0.05, 0) is 102 Å². The number of anilines is 1. The summed E-state index contributed by atoms with van der Waals surface area (Å²) in [5, 5.41) is 6.55. The van der Waals surface area contributed by atoms with Crippen LogP contribution in [0.1, 0.15) is 41.6 Å². The molecule has 3 unspecified atom stereocenters. The van der Waals surface area contributed by atoms with Crippen molar-refractivity contribution in [1.29, 1.82) is 0 Å². The molecule has 5 aromatic carbocycles. The first-order valence-electron chi connectivity index (χ1n) is 18.4. The number of rotatable bonds is 15. The third-order valence-electron chi connectivity index (χ3n) is 9.71. The molecule has 284 valence electrons. The number of hydrogen-bond donors (Lipinski definition) is 1. The molecule has 1 aliphatic carbocycles. The number of fused-ring (bicyclic) bond motifs is 3. The average molecular weight is 772 g/mol. The number of epoxide rings is 1. The van der Waals surface area contributed by atoms with Crippen LogP contribution >= 0.6 is 11.3 Å². The quantitative estimate of drug-likeness (QED) is 0.0207. The number of halogens is 1. The van der Waals surface area contributed by atoms with Crippen molar-refractivity contribution in [2.45, 2.75) is 37.9 Å². The minimum atomic E-state index is -0.725. The monoisotopic (exact) mass is 771 g/mol. The Hall–Kier alpha value is -5.95. The minimum absolute atomic E-state index is 0.0647. The topological polar surface area (TPSA) is 121 Å². The molecule has 1 saturated heterocycles. The predicted molar refractivity (Wildman–Crippen MR) is 214 cm³/mol. The van der Waals surface area contributed by atoms with Gasteiger partial charge in [0.15, 0.2) is 0 Å². The van der Waals surface area contributed by atoms with Gasteiger partial charge in [0.05, 0.1) is 40.8 Å². The highest BCUT2D eigenvalue weighted by Gasteiger charge is 2.43. The van der Waals surface area contributed by atoms with Crippen LogP contribution in [-0.2, 0) is 14.3 Å². The molecule has 1 saturated carbocycles. The van der Waals surface area contributed by atoms with Crippen molar-refractivity contribution < 1.29 is 37.7 Å². The van der Waals surface area contributed by atoms with Crippen molar-refractivity contribution in [3.8, 4) is 28.4 Å². The number of nitrogens with one attached hydrogen (secondary N) is 1. The van der Waals surface area contributed by atoms with E-state index in [2.05, 4.69) is 22.1 Å². The lowest BCUT2D eigenvalue weighted by molar-refractivity contribution is -0.128. The molecule has 12 heteroatoms. The normalized spacial score (nSPS) is 17.4. The number of esters is 2. The number of nitrogens with zero attached hydrogens (tertiary/aromatic N) is 2. The van der Waals surface area contributed by atoms with Crippen molar-refractivity contribution in [3.05, 3.63) is 127 Å². The number of carbonyl (C=O) groups is 2. The summed E-state index contributed by atoms with van der Waals surface area (Å²) in [5.74, 6) is -0.428. The van der Waals surface area contributed by atoms with Gasteiger partial charge in [-0.25, -0.2) is 19.0 Å². The molecular weight excluding hydrogens is 734 g/mol. The van der Waals surface area contributed by atoms with E-state index in [-0.39, 0.29) is 22.6 Å². The van der Waals surface area contributed by atoms with Crippen molar-refractivity contribution in [1.82, 2.24) is 4.98 Å². The van der Waals surface area contributed by atoms with E-state index in [0.29, 0.717) is 47.6 Å². The van der Waals surface area contributed by atoms with Gasteiger partial charge in [0.1, 0.15) is 23.1 Å². The Balaban J connectivity index is 0.897. The van der Waals surface area contributed by atoms with Crippen LogP contribution in [0.2, 0.25) is 0 Å². The maximum Gasteiger partial charge on any atom is 0.343 e. The summed E-state index contributed by atoms with van der Waals surface area (Å²) in [6.45, 7) is 5.41. The van der Waals surface area contributed by atoms with Crippen LogP contribution < -0.4 is 19.6 Å². The van der Waals surface area contributed by atoms with Crippen LogP contribution in [0.5, 0.6) is 17.2 Å². The van der Waals surface area contributed by atoms with E-state index in [1.165, 1.54) is 54.3 Å². The van der Waals surface area contributed by atoms with Gasteiger partial charge in [0.2, 0.25) is 5.13 Å². The Kier molecular flexibility index (Phi) is 11.1. The molecule has 56 heavy (non-hydrogen) atoms. The molecule has 2 aliphatic rings. The number of carbonyl (C=O) groups excluding carboxylic acids is 2. The van der Waals surface area contributed by atoms with Crippen LogP contribution in [0, 0.1) is 11.7 Å². The van der Waals surface area contributed by atoms with Gasteiger partial charge in [-0.1, -0.05) is 54.3 Å². The van der Waals surface area contributed by atoms with E-state index in [0.717, 1.165) is 58.7 Å². The average Bonchev–Trinajstić information content (AvgIpc) is 3.87. The smallest absolute Gasteiger partial charge is 0.343 e. The number of ether oxygens (including phenoxy) is 5. The van der Waals surface area contributed by atoms with Crippen molar-refractivity contribution >= 4 is 55.6 Å². The summed E-state index contributed by atoms with van der Waals surface area (Å²) in [5.41, 5.74) is 4.86. The fourth-order valence-electron chi connectivity index (χ4n) is 6.78. The zero-order chi connectivity index (χ0) is 38.4. The Bertz CT molecular complexity index is 2420. The highest BCUT2D eigenvalue weighted by Crippen LogP contribution is 2.39. The number of thiazole rings is 1. The van der Waals surface area contributed by atoms with E-state index in [4.69, 9.17) is 23.7 Å². The number of hydrazone groups is 1. The number of para-hydroxylation sites is 1. The minimum Gasteiger partial charge on any atom is -0.493 e. The fraction of sp³-hybridized carbons (Fsp3) is 0.227. The SMILES string of the molecule is C=CC(=O)Oc1ccc(OC(=O)c2ccc3cc(OCCCOCC4CCC5OC5C4)ccc3c2)cc1-c1ccc(/C=N/Nc2nc3ccccc3s2)cc1F. The van der Waals surface area contributed by atoms with Gasteiger partial charge in [-0.2, -0.15) is 5.10 Å². The molecule has 10 nitrogen and oxygen atoms in total. The summed E-state index contributed by atoms with van der Waals surface area (Å²) in [6, 6.07) is 27.5. The van der Waals surface area contributed by atoms with E-state index >= 15 is 4.39 Å². The Morgan fingerprint density at radius 2 is 1.77 bits per heavy atom. The first-order valence-corrected chi connectivity index (χ1v) is 19.2. The van der Waals surface area contributed by atoms with Crippen LogP contribution in [-0.4, -0.2) is 55.2 Å². The number of benzene rings is 5. The van der Waals surface area contributed by atoms with E-state index < -0.39 is 17.8 Å². The van der Waals surface area contributed by atoms with E-state index in [1.54, 1.807) is 18.2 Å². The lowest BCUT2D eigenvalue weighted by Crippen LogP contribution is -2.19. The van der Waals surface area contributed by atoms with Crippen molar-refractivity contribution in [2.24, 2.45) is 11.0 Å². The van der Waals surface area contributed by atoms with E-state index in [9.17, 15) is 9.59 Å². The zero-order valence-electron chi connectivity index (χ0n) is 30.3. The predicted octanol–water partition coefficient (Wildman–Crippen LogP) is 9.37. The van der Waals surface area contributed by atoms with Crippen LogP contribution in [0.3, 0.4) is 0 Å². The molecule has 0 radical (unpaired) electrons. The summed E-state index contributed by atoms with van der Waals surface area (Å²) in [4.78, 5) is 30.0. The van der Waals surface area contributed by atoms with Crippen LogP contribution in [0.25, 0.3) is 32.1 Å². The molecular formula is C44H38FN3O7S. The zero-order valence-corrected chi connectivity index (χ0v) is 31.1. The molecule has 1 aliphatic heterocycles. The summed E-state index contributed by atoms with van der Waals surface area (Å²) in [7, 11) is 0. The van der Waals surface area contributed by atoms with Gasteiger partial charge in [-0.3, -0.25) is 5.43 Å². The maximum absolute atomic E-state index is 15.7. The molecule has 0 bridgehead atoms. The Morgan fingerprint density at radius 3 is 2.62 bits per heavy atom. The standard InChI is InChI=1S/C44H38FN3O7S/c1-2-42(49)55-38-17-14-33(24-35(38)34-15-8-27(20-36(34)45)25-46-48-44-47-37-6-3-4-7-41(37)56-44)53-43(50)31-11-10-30-23-32(13-12-29(30)22-31)52-19-5-18-51-26-28-9-16-39-40(21-28)54-39/h2-4,6-8,10-15,17,20,22-25,28,39-40H,1,5,9,16,18-19,21,26H2,(H,47,48)/b46-25+. The van der Waals surface area contributed by atoms with Gasteiger partial charge >= 0.3 is 11.9 Å². The molecule has 2 fully saturated rings. The molecule has 2 heterocycles. The Labute approximate surface area is 326 Å². The lowest BCUT2D eigenvalue weighted by atomic mass is 9.90. The lowest BCUT2D eigenvalue weighted by Gasteiger charge is -2.18. The first kappa shape index (κ1) is 37.0. The number of hydrogen-bond acceptors (Lipinski definition) is 11. The third kappa shape index (κ3) is 8.94. The Morgan fingerprint density at radius 1 is 0.911 bits per heavy atom. The summed E-state index contributed by atoms with van der Waals surface area (Å²) >= 11 is 1.45. The van der Waals surface area contributed by atoms with Crippen molar-refractivity contribution in [3.63, 3.8) is 0 Å². The van der Waals surface area contributed by atoms with Gasteiger partial charge in [0.25, 0.3) is 0 Å². The summed E-state index contributed by atoms with van der Waals surface area (Å²) < 4.78 is 45.3. The van der Waals surface area contributed by atoms with Crippen molar-refractivity contribution in [2.75, 3.05) is 25.2 Å². The molecule has 1 aromatic heterocycles. The molecule has 0 spiro atoms. The largest absolute Gasteiger partial charge is 0.493 e. The van der Waals surface area contributed by atoms with E-state index in [1.807, 2.05) is 48.5 Å². The molecule has 0 amide bonds. The van der Waals surface area contributed by atoms with Gasteiger partial charge in [-0.15, -0.1) is 0 Å². The summed E-state index contributed by atoms with van der Waals surface area (Å²) in [6.07, 6.45) is 7.68. The second-order valence-electron chi connectivity index (χ2n) is 13.7. The van der Waals surface area contributed by atoms with Crippen LogP contribution in [0.15, 0.2) is 115 Å². The second kappa shape index (κ2) is 16.8. The van der Waals surface area contributed by atoms with Gasteiger partial charge < -0.3 is 23.7 Å². The maximum atomic E-state index is 15.7. The second-order valence-corrected chi connectivity index (χ2v) is 14.7. The highest BCUT2D eigenvalue weighted by atomic mass is 32.1. The fourth-order valence-corrected chi connectivity index (χ4v) is 7.60. The molecule has 1 N–H and O–H groups in total. The third-order valence-corrected chi connectivity index (χ3v) is 10.6. The molecule has 3 atom stereocenters. The number of aromatic nitrogens is 1. The van der Waals surface area contributed by atoms with Crippen LogP contribution in [0.4, 0.5) is 9.52 Å². The van der Waals surface area contributed by atoms with Gasteiger partial charge in [0, 0.05) is 36.8 Å². The highest BCUT2D eigenvalue weighted by molar-refractivity contribution is 7.22. The molecule has 6 aromatic rings.